The van der Waals surface area contributed by atoms with Crippen molar-refractivity contribution >= 4 is 11.3 Å². The second-order valence-corrected chi connectivity index (χ2v) is 4.71. The molecule has 0 aliphatic carbocycles. The molecule has 3 rings (SSSR count). The first-order valence-electron chi connectivity index (χ1n) is 5.74. The SMILES string of the molecule is COc1cc(-c2nc(-c3ccccc3)cs2)ncn1. The van der Waals surface area contributed by atoms with E-state index in [2.05, 4.69) is 15.0 Å². The van der Waals surface area contributed by atoms with Gasteiger partial charge in [-0.25, -0.2) is 15.0 Å². The predicted molar refractivity (Wildman–Crippen MR) is 75.1 cm³/mol. The maximum atomic E-state index is 5.09. The molecular weight excluding hydrogens is 258 g/mol. The van der Waals surface area contributed by atoms with E-state index in [1.54, 1.807) is 24.5 Å². The summed E-state index contributed by atoms with van der Waals surface area (Å²) >= 11 is 1.56. The van der Waals surface area contributed by atoms with Gasteiger partial charge in [0.1, 0.15) is 17.0 Å². The Labute approximate surface area is 114 Å². The molecule has 0 N–H and O–H groups in total. The highest BCUT2D eigenvalue weighted by molar-refractivity contribution is 7.13. The molecule has 0 saturated heterocycles. The van der Waals surface area contributed by atoms with Crippen LogP contribution in [-0.2, 0) is 0 Å². The van der Waals surface area contributed by atoms with Crippen LogP contribution in [0.15, 0.2) is 48.1 Å². The van der Waals surface area contributed by atoms with Crippen LogP contribution in [0.25, 0.3) is 22.0 Å². The summed E-state index contributed by atoms with van der Waals surface area (Å²) in [7, 11) is 1.59. The van der Waals surface area contributed by atoms with Crippen molar-refractivity contribution in [2.75, 3.05) is 7.11 Å². The van der Waals surface area contributed by atoms with Crippen molar-refractivity contribution in [3.63, 3.8) is 0 Å². The molecule has 3 aromatic rings. The predicted octanol–water partition coefficient (Wildman–Crippen LogP) is 3.28. The van der Waals surface area contributed by atoms with E-state index in [1.165, 1.54) is 6.33 Å². The summed E-state index contributed by atoms with van der Waals surface area (Å²) in [5.41, 5.74) is 2.84. The maximum Gasteiger partial charge on any atom is 0.216 e. The minimum Gasteiger partial charge on any atom is -0.481 e. The van der Waals surface area contributed by atoms with Gasteiger partial charge in [0, 0.05) is 17.0 Å². The summed E-state index contributed by atoms with van der Waals surface area (Å²) in [6.07, 6.45) is 1.48. The van der Waals surface area contributed by atoms with E-state index in [4.69, 9.17) is 4.74 Å². The Bertz CT molecular complexity index is 682. The van der Waals surface area contributed by atoms with E-state index >= 15 is 0 Å². The monoisotopic (exact) mass is 269 g/mol. The fourth-order valence-corrected chi connectivity index (χ4v) is 2.50. The van der Waals surface area contributed by atoms with Gasteiger partial charge in [-0.2, -0.15) is 0 Å². The molecule has 2 aromatic heterocycles. The largest absolute Gasteiger partial charge is 0.481 e. The number of benzene rings is 1. The van der Waals surface area contributed by atoms with Crippen molar-refractivity contribution in [3.05, 3.63) is 48.1 Å². The quantitative estimate of drug-likeness (QED) is 0.732. The normalized spacial score (nSPS) is 10.4. The second-order valence-electron chi connectivity index (χ2n) is 3.85. The number of ether oxygens (including phenoxy) is 1. The van der Waals surface area contributed by atoms with Gasteiger partial charge in [-0.1, -0.05) is 30.3 Å². The van der Waals surface area contributed by atoms with Crippen molar-refractivity contribution in [1.82, 2.24) is 15.0 Å². The highest BCUT2D eigenvalue weighted by Crippen LogP contribution is 2.28. The van der Waals surface area contributed by atoms with Gasteiger partial charge in [0.15, 0.2) is 0 Å². The summed E-state index contributed by atoms with van der Waals surface area (Å²) in [6, 6.07) is 11.9. The molecule has 0 bridgehead atoms. The molecule has 0 saturated carbocycles. The van der Waals surface area contributed by atoms with Crippen molar-refractivity contribution < 1.29 is 4.74 Å². The van der Waals surface area contributed by atoms with Crippen LogP contribution >= 0.6 is 11.3 Å². The van der Waals surface area contributed by atoms with Gasteiger partial charge in [0.25, 0.3) is 0 Å². The van der Waals surface area contributed by atoms with Gasteiger partial charge in [-0.05, 0) is 0 Å². The van der Waals surface area contributed by atoms with Crippen LogP contribution in [0.3, 0.4) is 0 Å². The molecular formula is C14H11N3OS. The molecule has 5 heteroatoms. The lowest BCUT2D eigenvalue weighted by Crippen LogP contribution is -1.90. The summed E-state index contributed by atoms with van der Waals surface area (Å²) in [5.74, 6) is 0.543. The molecule has 19 heavy (non-hydrogen) atoms. The van der Waals surface area contributed by atoms with Crippen LogP contribution in [0.1, 0.15) is 0 Å². The fraction of sp³-hybridized carbons (Fsp3) is 0.0714. The summed E-state index contributed by atoms with van der Waals surface area (Å²) in [6.45, 7) is 0. The Balaban J connectivity index is 1.97. The third kappa shape index (κ3) is 2.46. The van der Waals surface area contributed by atoms with Gasteiger partial charge in [0.2, 0.25) is 5.88 Å². The van der Waals surface area contributed by atoms with Crippen LogP contribution in [-0.4, -0.2) is 22.1 Å². The minimum atomic E-state index is 0.543. The van der Waals surface area contributed by atoms with Crippen LogP contribution in [0.4, 0.5) is 0 Å². The van der Waals surface area contributed by atoms with Crippen molar-refractivity contribution in [2.24, 2.45) is 0 Å². The van der Waals surface area contributed by atoms with Crippen LogP contribution in [0.5, 0.6) is 5.88 Å². The molecule has 0 atom stereocenters. The molecule has 1 aromatic carbocycles. The highest BCUT2D eigenvalue weighted by atomic mass is 32.1. The van der Waals surface area contributed by atoms with Crippen molar-refractivity contribution in [3.8, 4) is 27.8 Å². The average Bonchev–Trinajstić information content (AvgIpc) is 2.98. The molecule has 0 fully saturated rings. The topological polar surface area (TPSA) is 47.9 Å². The number of aromatic nitrogens is 3. The van der Waals surface area contributed by atoms with Gasteiger partial charge < -0.3 is 4.74 Å². The minimum absolute atomic E-state index is 0.543. The molecule has 0 amide bonds. The van der Waals surface area contributed by atoms with E-state index in [9.17, 15) is 0 Å². The smallest absolute Gasteiger partial charge is 0.216 e. The molecule has 0 radical (unpaired) electrons. The fourth-order valence-electron chi connectivity index (χ4n) is 1.70. The number of thiazole rings is 1. The van der Waals surface area contributed by atoms with E-state index in [0.717, 1.165) is 22.0 Å². The Morgan fingerprint density at radius 2 is 1.89 bits per heavy atom. The molecule has 0 aliphatic rings. The van der Waals surface area contributed by atoms with E-state index in [1.807, 2.05) is 35.7 Å². The lowest BCUT2D eigenvalue weighted by Gasteiger charge is -1.99. The number of hydrogen-bond donors (Lipinski definition) is 0. The van der Waals surface area contributed by atoms with Crippen LogP contribution < -0.4 is 4.74 Å². The standard InChI is InChI=1S/C14H11N3OS/c1-18-13-7-11(15-9-16-13)14-17-12(8-19-14)10-5-3-2-4-6-10/h2-9H,1H3. The molecule has 94 valence electrons. The Morgan fingerprint density at radius 1 is 1.05 bits per heavy atom. The summed E-state index contributed by atoms with van der Waals surface area (Å²) in [4.78, 5) is 12.8. The summed E-state index contributed by atoms with van der Waals surface area (Å²) in [5, 5.41) is 2.89. The van der Waals surface area contributed by atoms with E-state index < -0.39 is 0 Å². The second kappa shape index (κ2) is 5.16. The maximum absolute atomic E-state index is 5.09. The first-order valence-corrected chi connectivity index (χ1v) is 6.62. The number of methoxy groups -OCH3 is 1. The number of hydrogen-bond acceptors (Lipinski definition) is 5. The zero-order valence-electron chi connectivity index (χ0n) is 10.3. The molecule has 0 unspecified atom stereocenters. The van der Waals surface area contributed by atoms with E-state index in [-0.39, 0.29) is 0 Å². The first kappa shape index (κ1) is 11.8. The first-order chi connectivity index (χ1) is 9.36. The van der Waals surface area contributed by atoms with Crippen LogP contribution in [0, 0.1) is 0 Å². The molecule has 2 heterocycles. The van der Waals surface area contributed by atoms with Crippen molar-refractivity contribution in [1.29, 1.82) is 0 Å². The van der Waals surface area contributed by atoms with Gasteiger partial charge >= 0.3 is 0 Å². The molecule has 0 spiro atoms. The Morgan fingerprint density at radius 3 is 2.68 bits per heavy atom. The Hall–Kier alpha value is -2.27. The molecule has 0 aliphatic heterocycles. The van der Waals surface area contributed by atoms with Gasteiger partial charge in [-0.3, -0.25) is 0 Å². The van der Waals surface area contributed by atoms with Crippen molar-refractivity contribution in [2.45, 2.75) is 0 Å². The summed E-state index contributed by atoms with van der Waals surface area (Å²) < 4.78 is 5.09. The third-order valence-corrected chi connectivity index (χ3v) is 3.51. The average molecular weight is 269 g/mol. The van der Waals surface area contributed by atoms with E-state index in [0.29, 0.717) is 5.88 Å². The zero-order valence-corrected chi connectivity index (χ0v) is 11.1. The molecule has 4 nitrogen and oxygen atoms in total. The number of rotatable bonds is 3. The number of nitrogens with zero attached hydrogens (tertiary/aromatic N) is 3. The van der Waals surface area contributed by atoms with Crippen LogP contribution in [0.2, 0.25) is 0 Å². The third-order valence-electron chi connectivity index (χ3n) is 2.64. The van der Waals surface area contributed by atoms with Gasteiger partial charge in [0.05, 0.1) is 12.8 Å². The van der Waals surface area contributed by atoms with Gasteiger partial charge in [-0.15, -0.1) is 11.3 Å². The lowest BCUT2D eigenvalue weighted by molar-refractivity contribution is 0.397. The Kier molecular flexibility index (Phi) is 3.20. The highest BCUT2D eigenvalue weighted by Gasteiger charge is 2.08. The lowest BCUT2D eigenvalue weighted by atomic mass is 10.2. The zero-order chi connectivity index (χ0) is 13.1.